The zero-order chi connectivity index (χ0) is 19.8. The van der Waals surface area contributed by atoms with Gasteiger partial charge in [0.2, 0.25) is 12.3 Å². The van der Waals surface area contributed by atoms with Gasteiger partial charge in [-0.05, 0) is 56.0 Å². The molecule has 7 heteroatoms. The van der Waals surface area contributed by atoms with Gasteiger partial charge in [0.15, 0.2) is 5.69 Å². The fourth-order valence-corrected chi connectivity index (χ4v) is 3.77. The lowest BCUT2D eigenvalue weighted by atomic mass is 10.1. The summed E-state index contributed by atoms with van der Waals surface area (Å²) in [6, 6.07) is 15.6. The normalized spacial score (nSPS) is 12.7. The predicted molar refractivity (Wildman–Crippen MR) is 108 cm³/mol. The van der Waals surface area contributed by atoms with Gasteiger partial charge in [-0.15, -0.1) is 10.2 Å². The van der Waals surface area contributed by atoms with Crippen LogP contribution in [0.5, 0.6) is 0 Å². The average molecular weight is 385 g/mol. The summed E-state index contributed by atoms with van der Waals surface area (Å²) in [5, 5.41) is 15.3. The standard InChI is InChI=1S/C22H19N5O2/c1-14-10-11-15(22-25-23-13-29-22)12-18(14)24-21(28)20-17-8-5-9-19(17)27(26-20)16-6-3-2-4-7-16/h2-4,6-7,10-13H,5,8-9H2,1H3,(H,24,28). The van der Waals surface area contributed by atoms with E-state index in [0.29, 0.717) is 17.3 Å². The van der Waals surface area contributed by atoms with E-state index >= 15 is 0 Å². The molecule has 144 valence electrons. The lowest BCUT2D eigenvalue weighted by Crippen LogP contribution is -2.15. The molecule has 0 saturated carbocycles. The van der Waals surface area contributed by atoms with Crippen molar-refractivity contribution in [3.8, 4) is 17.1 Å². The third-order valence-electron chi connectivity index (χ3n) is 5.24. The van der Waals surface area contributed by atoms with Crippen LogP contribution in [0.3, 0.4) is 0 Å². The van der Waals surface area contributed by atoms with Crippen LogP contribution in [-0.4, -0.2) is 25.9 Å². The van der Waals surface area contributed by atoms with Crippen molar-refractivity contribution in [1.29, 1.82) is 0 Å². The minimum atomic E-state index is -0.205. The average Bonchev–Trinajstić information content (AvgIpc) is 3.48. The fraction of sp³-hybridized carbons (Fsp3) is 0.182. The molecule has 0 fully saturated rings. The lowest BCUT2D eigenvalue weighted by Gasteiger charge is -2.09. The second-order valence-corrected chi connectivity index (χ2v) is 7.10. The Morgan fingerprint density at radius 3 is 2.79 bits per heavy atom. The van der Waals surface area contributed by atoms with Crippen molar-refractivity contribution in [1.82, 2.24) is 20.0 Å². The molecule has 1 amide bonds. The smallest absolute Gasteiger partial charge is 0.276 e. The summed E-state index contributed by atoms with van der Waals surface area (Å²) in [5.41, 5.74) is 6.02. The highest BCUT2D eigenvalue weighted by Crippen LogP contribution is 2.29. The number of nitrogens with zero attached hydrogens (tertiary/aromatic N) is 4. The van der Waals surface area contributed by atoms with E-state index in [1.54, 1.807) is 0 Å². The molecule has 0 spiro atoms. The number of benzene rings is 2. The topological polar surface area (TPSA) is 85.8 Å². The fourth-order valence-electron chi connectivity index (χ4n) is 3.77. The van der Waals surface area contributed by atoms with Gasteiger partial charge >= 0.3 is 0 Å². The monoisotopic (exact) mass is 385 g/mol. The highest BCUT2D eigenvalue weighted by Gasteiger charge is 2.27. The molecule has 0 unspecified atom stereocenters. The number of aromatic nitrogens is 4. The van der Waals surface area contributed by atoms with Crippen LogP contribution in [0.1, 0.15) is 33.7 Å². The summed E-state index contributed by atoms with van der Waals surface area (Å²) in [5.74, 6) is 0.207. The van der Waals surface area contributed by atoms with Gasteiger partial charge in [0, 0.05) is 22.5 Å². The van der Waals surface area contributed by atoms with Gasteiger partial charge in [-0.25, -0.2) is 4.68 Å². The maximum Gasteiger partial charge on any atom is 0.276 e. The number of carbonyl (C=O) groups excluding carboxylic acids is 1. The Labute approximate surface area is 167 Å². The maximum atomic E-state index is 13.1. The first-order valence-electron chi connectivity index (χ1n) is 9.55. The van der Waals surface area contributed by atoms with E-state index in [4.69, 9.17) is 4.42 Å². The molecule has 2 aromatic carbocycles. The summed E-state index contributed by atoms with van der Waals surface area (Å²) >= 11 is 0. The van der Waals surface area contributed by atoms with Gasteiger partial charge < -0.3 is 9.73 Å². The Balaban J connectivity index is 1.49. The van der Waals surface area contributed by atoms with Crippen molar-refractivity contribution in [3.63, 3.8) is 0 Å². The van der Waals surface area contributed by atoms with Crippen LogP contribution in [0.2, 0.25) is 0 Å². The van der Waals surface area contributed by atoms with E-state index in [2.05, 4.69) is 20.6 Å². The molecule has 5 rings (SSSR count). The number of aryl methyl sites for hydroxylation is 1. The zero-order valence-corrected chi connectivity index (χ0v) is 15.9. The Morgan fingerprint density at radius 1 is 1.14 bits per heavy atom. The van der Waals surface area contributed by atoms with E-state index in [0.717, 1.165) is 47.3 Å². The van der Waals surface area contributed by atoms with Crippen LogP contribution >= 0.6 is 0 Å². The van der Waals surface area contributed by atoms with Crippen LogP contribution in [-0.2, 0) is 12.8 Å². The molecule has 7 nitrogen and oxygen atoms in total. The van der Waals surface area contributed by atoms with Gasteiger partial charge in [-0.3, -0.25) is 4.79 Å². The minimum absolute atomic E-state index is 0.205. The number of amides is 1. The second kappa shape index (κ2) is 7.01. The number of hydrogen-bond donors (Lipinski definition) is 1. The number of fused-ring (bicyclic) bond motifs is 1. The SMILES string of the molecule is Cc1ccc(-c2nnco2)cc1NC(=O)c1nn(-c2ccccc2)c2c1CCC2. The zero-order valence-electron chi connectivity index (χ0n) is 15.9. The van der Waals surface area contributed by atoms with Crippen molar-refractivity contribution in [2.45, 2.75) is 26.2 Å². The molecule has 1 aliphatic carbocycles. The molecule has 0 bridgehead atoms. The lowest BCUT2D eigenvalue weighted by molar-refractivity contribution is 0.102. The van der Waals surface area contributed by atoms with E-state index in [1.165, 1.54) is 6.39 Å². The summed E-state index contributed by atoms with van der Waals surface area (Å²) in [6.07, 6.45) is 4.11. The van der Waals surface area contributed by atoms with Crippen LogP contribution in [0.4, 0.5) is 5.69 Å². The Bertz CT molecular complexity index is 1180. The number of nitrogens with one attached hydrogen (secondary N) is 1. The molecule has 1 aliphatic rings. The molecular formula is C22H19N5O2. The third-order valence-corrected chi connectivity index (χ3v) is 5.24. The third kappa shape index (κ3) is 3.10. The van der Waals surface area contributed by atoms with E-state index in [1.807, 2.05) is 60.1 Å². The number of rotatable bonds is 4. The number of para-hydroxylation sites is 1. The van der Waals surface area contributed by atoms with Crippen LogP contribution in [0, 0.1) is 6.92 Å². The Morgan fingerprint density at radius 2 is 2.00 bits per heavy atom. The van der Waals surface area contributed by atoms with Crippen molar-refractivity contribution in [2.75, 3.05) is 5.32 Å². The molecule has 2 heterocycles. The Hall–Kier alpha value is -3.74. The van der Waals surface area contributed by atoms with Gasteiger partial charge in [0.1, 0.15) is 0 Å². The summed E-state index contributed by atoms with van der Waals surface area (Å²) in [6.45, 7) is 1.94. The predicted octanol–water partition coefficient (Wildman–Crippen LogP) is 3.97. The van der Waals surface area contributed by atoms with Crippen LogP contribution in [0.25, 0.3) is 17.1 Å². The molecule has 4 aromatic rings. The van der Waals surface area contributed by atoms with Gasteiger partial charge in [0.25, 0.3) is 5.91 Å². The van der Waals surface area contributed by atoms with E-state index < -0.39 is 0 Å². The molecule has 1 N–H and O–H groups in total. The molecule has 0 radical (unpaired) electrons. The quantitative estimate of drug-likeness (QED) is 0.574. The van der Waals surface area contributed by atoms with Crippen molar-refractivity contribution >= 4 is 11.6 Å². The molecule has 0 aliphatic heterocycles. The number of hydrogen-bond acceptors (Lipinski definition) is 5. The van der Waals surface area contributed by atoms with Gasteiger partial charge in [0.05, 0.1) is 5.69 Å². The first-order chi connectivity index (χ1) is 14.2. The molecular weight excluding hydrogens is 366 g/mol. The highest BCUT2D eigenvalue weighted by atomic mass is 16.4. The summed E-state index contributed by atoms with van der Waals surface area (Å²) in [7, 11) is 0. The van der Waals surface area contributed by atoms with Gasteiger partial charge in [-0.2, -0.15) is 5.10 Å². The van der Waals surface area contributed by atoms with E-state index in [9.17, 15) is 4.79 Å². The summed E-state index contributed by atoms with van der Waals surface area (Å²) in [4.78, 5) is 13.1. The molecule has 2 aromatic heterocycles. The first kappa shape index (κ1) is 17.4. The van der Waals surface area contributed by atoms with Crippen molar-refractivity contribution in [2.24, 2.45) is 0 Å². The van der Waals surface area contributed by atoms with Crippen molar-refractivity contribution < 1.29 is 9.21 Å². The van der Waals surface area contributed by atoms with E-state index in [-0.39, 0.29) is 5.91 Å². The van der Waals surface area contributed by atoms with Crippen LogP contribution in [0.15, 0.2) is 59.3 Å². The Kier molecular flexibility index (Phi) is 4.20. The molecule has 0 saturated heterocycles. The minimum Gasteiger partial charge on any atom is -0.423 e. The first-order valence-corrected chi connectivity index (χ1v) is 9.55. The molecule has 0 atom stereocenters. The second-order valence-electron chi connectivity index (χ2n) is 7.10. The van der Waals surface area contributed by atoms with Crippen molar-refractivity contribution in [3.05, 3.63) is 77.4 Å². The summed E-state index contributed by atoms with van der Waals surface area (Å²) < 4.78 is 7.17. The number of anilines is 1. The highest BCUT2D eigenvalue weighted by molar-refractivity contribution is 6.04. The van der Waals surface area contributed by atoms with Gasteiger partial charge in [-0.1, -0.05) is 24.3 Å². The maximum absolute atomic E-state index is 13.1. The largest absolute Gasteiger partial charge is 0.423 e. The molecule has 29 heavy (non-hydrogen) atoms. The number of carbonyl (C=O) groups is 1. The van der Waals surface area contributed by atoms with Crippen LogP contribution < -0.4 is 5.32 Å².